The second-order valence-corrected chi connectivity index (χ2v) is 4.02. The Morgan fingerprint density at radius 3 is 2.47 bits per heavy atom. The summed E-state index contributed by atoms with van der Waals surface area (Å²) in [6, 6.07) is 11.0. The molecule has 0 fully saturated rings. The van der Waals surface area contributed by atoms with E-state index in [9.17, 15) is 4.39 Å². The van der Waals surface area contributed by atoms with Crippen LogP contribution in [0.4, 0.5) is 4.39 Å². The molecule has 2 aromatic carbocycles. The second kappa shape index (κ2) is 5.39. The fourth-order valence-corrected chi connectivity index (χ4v) is 1.61. The molecule has 0 spiro atoms. The molecule has 2 aromatic rings. The van der Waals surface area contributed by atoms with Crippen molar-refractivity contribution in [2.75, 3.05) is 0 Å². The molecule has 3 N–H and O–H groups in total. The van der Waals surface area contributed by atoms with Crippen LogP contribution in [-0.4, -0.2) is 11.0 Å². The van der Waals surface area contributed by atoms with Gasteiger partial charge in [0, 0.05) is 5.56 Å². The summed E-state index contributed by atoms with van der Waals surface area (Å²) in [5.74, 6) is 0.902. The number of rotatable bonds is 3. The Balaban J connectivity index is 2.20. The van der Waals surface area contributed by atoms with Gasteiger partial charge in [0.15, 0.2) is 5.84 Å². The van der Waals surface area contributed by atoms with Crippen LogP contribution in [0.1, 0.15) is 11.1 Å². The lowest BCUT2D eigenvalue weighted by Crippen LogP contribution is -2.12. The molecule has 0 aliphatic heterocycles. The average Bonchev–Trinajstić information content (AvgIpc) is 2.42. The molecule has 4 nitrogen and oxygen atoms in total. The topological polar surface area (TPSA) is 67.8 Å². The van der Waals surface area contributed by atoms with Crippen LogP contribution < -0.4 is 10.5 Å². The van der Waals surface area contributed by atoms with Crippen molar-refractivity contribution in [1.82, 2.24) is 0 Å². The van der Waals surface area contributed by atoms with Gasteiger partial charge >= 0.3 is 0 Å². The molecule has 19 heavy (non-hydrogen) atoms. The lowest BCUT2D eigenvalue weighted by molar-refractivity contribution is 0.318. The van der Waals surface area contributed by atoms with Crippen LogP contribution in [0.3, 0.4) is 0 Å². The highest BCUT2D eigenvalue weighted by molar-refractivity contribution is 5.97. The van der Waals surface area contributed by atoms with Gasteiger partial charge in [-0.25, -0.2) is 4.39 Å². The molecule has 0 radical (unpaired) electrons. The Hall–Kier alpha value is -2.56. The van der Waals surface area contributed by atoms with E-state index in [1.54, 1.807) is 37.3 Å². The monoisotopic (exact) mass is 260 g/mol. The van der Waals surface area contributed by atoms with E-state index >= 15 is 0 Å². The zero-order valence-corrected chi connectivity index (χ0v) is 10.3. The summed E-state index contributed by atoms with van der Waals surface area (Å²) < 4.78 is 18.6. The van der Waals surface area contributed by atoms with Crippen LogP contribution in [0.2, 0.25) is 0 Å². The number of nitrogens with zero attached hydrogens (tertiary/aromatic N) is 1. The lowest BCUT2D eigenvalue weighted by Gasteiger charge is -2.09. The van der Waals surface area contributed by atoms with Gasteiger partial charge in [-0.2, -0.15) is 0 Å². The van der Waals surface area contributed by atoms with Crippen molar-refractivity contribution in [2.45, 2.75) is 6.92 Å². The molecule has 0 bridgehead atoms. The SMILES string of the molecule is Cc1cc(F)ccc1Oc1ccc(/C(N)=N/O)cc1. The third-order valence-corrected chi connectivity index (χ3v) is 2.62. The van der Waals surface area contributed by atoms with Gasteiger partial charge in [-0.05, 0) is 55.0 Å². The Kier molecular flexibility index (Phi) is 3.66. The van der Waals surface area contributed by atoms with Crippen LogP contribution in [0, 0.1) is 12.7 Å². The van der Waals surface area contributed by atoms with Gasteiger partial charge in [0.2, 0.25) is 0 Å². The molecule has 0 unspecified atom stereocenters. The molecule has 0 amide bonds. The van der Waals surface area contributed by atoms with Gasteiger partial charge in [0.25, 0.3) is 0 Å². The molecular weight excluding hydrogens is 247 g/mol. The third-order valence-electron chi connectivity index (χ3n) is 2.62. The summed E-state index contributed by atoms with van der Waals surface area (Å²) in [4.78, 5) is 0. The van der Waals surface area contributed by atoms with Crippen LogP contribution in [0.5, 0.6) is 11.5 Å². The summed E-state index contributed by atoms with van der Waals surface area (Å²) in [5, 5.41) is 11.5. The number of benzene rings is 2. The van der Waals surface area contributed by atoms with Crippen molar-refractivity contribution in [3.8, 4) is 11.5 Å². The van der Waals surface area contributed by atoms with Crippen LogP contribution in [-0.2, 0) is 0 Å². The van der Waals surface area contributed by atoms with Gasteiger partial charge in [0.05, 0.1) is 0 Å². The molecule has 5 heteroatoms. The molecular formula is C14H13FN2O2. The Bertz CT molecular complexity index is 609. The summed E-state index contributed by atoms with van der Waals surface area (Å²) in [6.07, 6.45) is 0. The number of hydrogen-bond donors (Lipinski definition) is 2. The number of hydrogen-bond acceptors (Lipinski definition) is 3. The number of aryl methyl sites for hydroxylation is 1. The summed E-state index contributed by atoms with van der Waals surface area (Å²) in [7, 11) is 0. The molecule has 0 heterocycles. The van der Waals surface area contributed by atoms with E-state index in [2.05, 4.69) is 5.16 Å². The molecule has 0 aliphatic rings. The Morgan fingerprint density at radius 1 is 1.21 bits per heavy atom. The Morgan fingerprint density at radius 2 is 1.89 bits per heavy atom. The summed E-state index contributed by atoms with van der Waals surface area (Å²) >= 11 is 0. The number of amidine groups is 1. The molecule has 0 saturated heterocycles. The standard InChI is InChI=1S/C14H13FN2O2/c1-9-8-11(15)4-7-13(9)19-12-5-2-10(3-6-12)14(16)17-18/h2-8,18H,1H3,(H2,16,17). The Labute approximate surface area is 109 Å². The number of halogens is 1. The minimum absolute atomic E-state index is 0.0320. The van der Waals surface area contributed by atoms with Crippen molar-refractivity contribution in [2.24, 2.45) is 10.9 Å². The molecule has 98 valence electrons. The first-order chi connectivity index (χ1) is 9.10. The second-order valence-electron chi connectivity index (χ2n) is 4.02. The highest BCUT2D eigenvalue weighted by atomic mass is 19.1. The first kappa shape index (κ1) is 12.9. The summed E-state index contributed by atoms with van der Waals surface area (Å²) in [6.45, 7) is 1.77. The predicted octanol–water partition coefficient (Wildman–Crippen LogP) is 3.02. The fourth-order valence-electron chi connectivity index (χ4n) is 1.61. The lowest BCUT2D eigenvalue weighted by atomic mass is 10.2. The van der Waals surface area contributed by atoms with Crippen molar-refractivity contribution in [1.29, 1.82) is 0 Å². The maximum Gasteiger partial charge on any atom is 0.170 e. The number of oxime groups is 1. The maximum atomic E-state index is 13.0. The largest absolute Gasteiger partial charge is 0.457 e. The number of nitrogens with two attached hydrogens (primary N) is 1. The van der Waals surface area contributed by atoms with E-state index in [1.165, 1.54) is 12.1 Å². The van der Waals surface area contributed by atoms with Crippen molar-refractivity contribution in [3.05, 3.63) is 59.4 Å². The maximum absolute atomic E-state index is 13.0. The van der Waals surface area contributed by atoms with Crippen molar-refractivity contribution in [3.63, 3.8) is 0 Å². The van der Waals surface area contributed by atoms with Gasteiger partial charge in [-0.1, -0.05) is 5.16 Å². The van der Waals surface area contributed by atoms with E-state index in [1.807, 2.05) is 0 Å². The van der Waals surface area contributed by atoms with Gasteiger partial charge in [-0.3, -0.25) is 0 Å². The van der Waals surface area contributed by atoms with E-state index in [-0.39, 0.29) is 11.7 Å². The van der Waals surface area contributed by atoms with E-state index in [0.717, 1.165) is 0 Å². The van der Waals surface area contributed by atoms with Gasteiger partial charge in [-0.15, -0.1) is 0 Å². The van der Waals surface area contributed by atoms with Crippen molar-refractivity contribution < 1.29 is 14.3 Å². The number of ether oxygens (including phenoxy) is 1. The quantitative estimate of drug-likeness (QED) is 0.386. The smallest absolute Gasteiger partial charge is 0.170 e. The predicted molar refractivity (Wildman–Crippen MR) is 70.2 cm³/mol. The van der Waals surface area contributed by atoms with E-state index in [0.29, 0.717) is 22.6 Å². The van der Waals surface area contributed by atoms with E-state index < -0.39 is 0 Å². The highest BCUT2D eigenvalue weighted by Crippen LogP contribution is 2.25. The molecule has 0 atom stereocenters. The zero-order chi connectivity index (χ0) is 13.8. The van der Waals surface area contributed by atoms with Crippen molar-refractivity contribution >= 4 is 5.84 Å². The average molecular weight is 260 g/mol. The molecule has 0 saturated carbocycles. The highest BCUT2D eigenvalue weighted by Gasteiger charge is 2.04. The van der Waals surface area contributed by atoms with Crippen LogP contribution in [0.25, 0.3) is 0 Å². The normalized spacial score (nSPS) is 11.4. The molecule has 0 aromatic heterocycles. The van der Waals surface area contributed by atoms with Gasteiger partial charge in [0.1, 0.15) is 17.3 Å². The third kappa shape index (κ3) is 3.01. The molecule has 0 aliphatic carbocycles. The van der Waals surface area contributed by atoms with Crippen LogP contribution in [0.15, 0.2) is 47.6 Å². The first-order valence-electron chi connectivity index (χ1n) is 5.62. The van der Waals surface area contributed by atoms with Gasteiger partial charge < -0.3 is 15.7 Å². The zero-order valence-electron chi connectivity index (χ0n) is 10.3. The minimum atomic E-state index is -0.299. The first-order valence-corrected chi connectivity index (χ1v) is 5.62. The fraction of sp³-hybridized carbons (Fsp3) is 0.0714. The van der Waals surface area contributed by atoms with E-state index in [4.69, 9.17) is 15.7 Å². The van der Waals surface area contributed by atoms with Crippen LogP contribution >= 0.6 is 0 Å². The minimum Gasteiger partial charge on any atom is -0.457 e. The molecule has 2 rings (SSSR count). The summed E-state index contributed by atoms with van der Waals surface area (Å²) in [5.41, 5.74) is 6.75.